The minimum atomic E-state index is -0.934. The third-order valence-electron chi connectivity index (χ3n) is 2.04. The topological polar surface area (TPSA) is 69.9 Å². The van der Waals surface area contributed by atoms with Gasteiger partial charge in [-0.2, -0.15) is 0 Å². The van der Waals surface area contributed by atoms with Gasteiger partial charge in [-0.1, -0.05) is 0 Å². The van der Waals surface area contributed by atoms with E-state index < -0.39 is 18.3 Å². The quantitative estimate of drug-likeness (QED) is 0.428. The minimum absolute atomic E-state index is 0.00875. The fraction of sp³-hybridized carbons (Fsp3) is 1.00. The number of fused-ring (bicyclic) bond motifs is 1. The zero-order valence-electron chi connectivity index (χ0n) is 5.75. The second-order valence-electron chi connectivity index (χ2n) is 2.81. The lowest BCUT2D eigenvalue weighted by molar-refractivity contribution is -0.140. The Morgan fingerprint density at radius 1 is 1.27 bits per heavy atom. The molecule has 0 spiro atoms. The number of rotatable bonds is 1. The van der Waals surface area contributed by atoms with Gasteiger partial charge in [0.15, 0.2) is 0 Å². The van der Waals surface area contributed by atoms with Crippen molar-refractivity contribution < 1.29 is 20.1 Å². The van der Waals surface area contributed by atoms with Gasteiger partial charge in [0.05, 0.1) is 18.0 Å². The maximum atomic E-state index is 9.33. The van der Waals surface area contributed by atoms with Crippen LogP contribution in [-0.4, -0.2) is 50.9 Å². The Balaban J connectivity index is 2.03. The van der Waals surface area contributed by atoms with Crippen molar-refractivity contribution in [1.29, 1.82) is 0 Å². The van der Waals surface area contributed by atoms with Crippen LogP contribution in [0, 0.1) is 0 Å². The van der Waals surface area contributed by atoms with E-state index in [4.69, 9.17) is 9.84 Å². The Kier molecular flexibility index (Phi) is 1.85. The molecule has 2 aliphatic heterocycles. The second-order valence-corrected chi connectivity index (χ2v) is 4.09. The van der Waals surface area contributed by atoms with Crippen LogP contribution < -0.4 is 0 Å². The van der Waals surface area contributed by atoms with Crippen molar-refractivity contribution in [2.24, 2.45) is 0 Å². The van der Waals surface area contributed by atoms with Crippen LogP contribution in [0.15, 0.2) is 0 Å². The van der Waals surface area contributed by atoms with Crippen LogP contribution in [0.3, 0.4) is 0 Å². The fourth-order valence-electron chi connectivity index (χ4n) is 1.28. The Morgan fingerprint density at radius 2 is 2.00 bits per heavy atom. The largest absolute Gasteiger partial charge is 0.394 e. The molecule has 2 fully saturated rings. The smallest absolute Gasteiger partial charge is 0.118 e. The lowest BCUT2D eigenvalue weighted by Crippen LogP contribution is -2.48. The lowest BCUT2D eigenvalue weighted by atomic mass is 10.0. The van der Waals surface area contributed by atoms with Crippen molar-refractivity contribution in [2.75, 3.05) is 6.61 Å². The molecule has 0 saturated carbocycles. The van der Waals surface area contributed by atoms with Crippen molar-refractivity contribution in [3.05, 3.63) is 0 Å². The number of aliphatic hydroxyl groups excluding tert-OH is 3. The standard InChI is InChI=1S/C6H10O4S/c7-1-2-3(8)4(9)5-6(10-2)11-5/h2-9H,1H2/t2-,3+,4+,5+,6+/m1/s1. The zero-order valence-corrected chi connectivity index (χ0v) is 6.57. The molecular weight excluding hydrogens is 168 g/mol. The maximum Gasteiger partial charge on any atom is 0.118 e. The van der Waals surface area contributed by atoms with E-state index in [0.717, 1.165) is 0 Å². The van der Waals surface area contributed by atoms with Crippen LogP contribution >= 0.6 is 11.8 Å². The van der Waals surface area contributed by atoms with Crippen LogP contribution in [0.25, 0.3) is 0 Å². The Hall–Kier alpha value is 0.190. The lowest BCUT2D eigenvalue weighted by Gasteiger charge is -2.28. The van der Waals surface area contributed by atoms with E-state index >= 15 is 0 Å². The molecule has 11 heavy (non-hydrogen) atoms. The fourth-order valence-corrected chi connectivity index (χ4v) is 2.25. The molecule has 64 valence electrons. The molecule has 0 amide bonds. The number of hydrogen-bond donors (Lipinski definition) is 3. The number of aliphatic hydroxyl groups is 3. The highest BCUT2D eigenvalue weighted by molar-refractivity contribution is 8.07. The molecule has 0 aromatic carbocycles. The van der Waals surface area contributed by atoms with Crippen LogP contribution in [-0.2, 0) is 4.74 Å². The summed E-state index contributed by atoms with van der Waals surface area (Å²) >= 11 is 1.49. The predicted molar refractivity (Wildman–Crippen MR) is 39.1 cm³/mol. The number of thioether (sulfide) groups is 1. The molecule has 0 unspecified atom stereocenters. The molecule has 3 N–H and O–H groups in total. The average Bonchev–Trinajstić information content (AvgIpc) is 2.75. The van der Waals surface area contributed by atoms with Crippen LogP contribution in [0.4, 0.5) is 0 Å². The van der Waals surface area contributed by atoms with Gasteiger partial charge in [0.2, 0.25) is 0 Å². The monoisotopic (exact) mass is 178 g/mol. The molecule has 5 heteroatoms. The summed E-state index contributed by atoms with van der Waals surface area (Å²) < 4.78 is 5.20. The molecule has 0 aliphatic carbocycles. The molecule has 2 saturated heterocycles. The van der Waals surface area contributed by atoms with Gasteiger partial charge >= 0.3 is 0 Å². The maximum absolute atomic E-state index is 9.33. The van der Waals surface area contributed by atoms with E-state index in [1.807, 2.05) is 0 Å². The molecule has 2 rings (SSSR count). The SMILES string of the molecule is OC[C@H]1O[C@H]2S[C@H]2[C@@H](O)[C@H]1O. The average molecular weight is 178 g/mol. The van der Waals surface area contributed by atoms with Crippen LogP contribution in [0.5, 0.6) is 0 Å². The first kappa shape index (κ1) is 7.82. The second kappa shape index (κ2) is 2.60. The van der Waals surface area contributed by atoms with Gasteiger partial charge < -0.3 is 20.1 Å². The van der Waals surface area contributed by atoms with Gasteiger partial charge in [-0.25, -0.2) is 0 Å². The molecule has 2 heterocycles. The molecule has 0 aromatic rings. The zero-order chi connectivity index (χ0) is 8.01. The Morgan fingerprint density at radius 3 is 2.64 bits per heavy atom. The Labute approximate surface area is 68.2 Å². The van der Waals surface area contributed by atoms with E-state index in [9.17, 15) is 10.2 Å². The summed E-state index contributed by atoms with van der Waals surface area (Å²) in [4.78, 5) is 0. The first-order valence-corrected chi connectivity index (χ1v) is 4.46. The van der Waals surface area contributed by atoms with Gasteiger partial charge in [0.25, 0.3) is 0 Å². The normalized spacial score (nSPS) is 55.4. The van der Waals surface area contributed by atoms with Gasteiger partial charge in [0.1, 0.15) is 17.6 Å². The van der Waals surface area contributed by atoms with E-state index in [0.29, 0.717) is 0 Å². The van der Waals surface area contributed by atoms with E-state index in [2.05, 4.69) is 0 Å². The molecule has 2 aliphatic rings. The van der Waals surface area contributed by atoms with Gasteiger partial charge in [-0.3, -0.25) is 0 Å². The first-order chi connectivity index (χ1) is 5.24. The third-order valence-corrected chi connectivity index (χ3v) is 3.24. The molecule has 0 bridgehead atoms. The molecular formula is C6H10O4S. The summed E-state index contributed by atoms with van der Waals surface area (Å²) in [6, 6.07) is 0. The van der Waals surface area contributed by atoms with E-state index in [1.165, 1.54) is 11.8 Å². The highest BCUT2D eigenvalue weighted by Crippen LogP contribution is 2.49. The van der Waals surface area contributed by atoms with Crippen molar-refractivity contribution in [2.45, 2.75) is 29.0 Å². The summed E-state index contributed by atoms with van der Waals surface area (Å²) in [5, 5.41) is 27.3. The molecule has 5 atom stereocenters. The predicted octanol–water partition coefficient (Wildman–Crippen LogP) is -1.46. The van der Waals surface area contributed by atoms with Crippen molar-refractivity contribution in [3.63, 3.8) is 0 Å². The summed E-state index contributed by atoms with van der Waals surface area (Å²) in [6.45, 7) is -0.234. The van der Waals surface area contributed by atoms with Crippen LogP contribution in [0.2, 0.25) is 0 Å². The van der Waals surface area contributed by atoms with Gasteiger partial charge in [-0.05, 0) is 0 Å². The summed E-state index contributed by atoms with van der Waals surface area (Å²) in [5.74, 6) is 0. The third kappa shape index (κ3) is 1.17. The highest BCUT2D eigenvalue weighted by Gasteiger charge is 2.54. The van der Waals surface area contributed by atoms with Gasteiger partial charge in [0, 0.05) is 0 Å². The summed E-state index contributed by atoms with van der Waals surface area (Å²) in [6.07, 6.45) is -2.28. The van der Waals surface area contributed by atoms with E-state index in [-0.39, 0.29) is 17.3 Å². The summed E-state index contributed by atoms with van der Waals surface area (Å²) in [5.41, 5.74) is -0.00875. The minimum Gasteiger partial charge on any atom is -0.394 e. The first-order valence-electron chi connectivity index (χ1n) is 3.52. The van der Waals surface area contributed by atoms with Gasteiger partial charge in [-0.15, -0.1) is 11.8 Å². The Bertz CT molecular complexity index is 165. The van der Waals surface area contributed by atoms with Crippen LogP contribution in [0.1, 0.15) is 0 Å². The number of ether oxygens (including phenoxy) is 1. The van der Waals surface area contributed by atoms with E-state index in [1.54, 1.807) is 0 Å². The van der Waals surface area contributed by atoms with Crippen molar-refractivity contribution in [1.82, 2.24) is 0 Å². The van der Waals surface area contributed by atoms with Crippen molar-refractivity contribution in [3.8, 4) is 0 Å². The van der Waals surface area contributed by atoms with Crippen molar-refractivity contribution >= 4 is 11.8 Å². The molecule has 0 radical (unpaired) electrons. The summed E-state index contributed by atoms with van der Waals surface area (Å²) in [7, 11) is 0. The molecule has 4 nitrogen and oxygen atoms in total. The number of hydrogen-bond acceptors (Lipinski definition) is 5. The highest BCUT2D eigenvalue weighted by atomic mass is 32.2. The molecule has 0 aromatic heterocycles.